The molecule has 1 aromatic rings. The van der Waals surface area contributed by atoms with E-state index < -0.39 is 12.1 Å². The molecule has 2 N–H and O–H groups in total. The summed E-state index contributed by atoms with van der Waals surface area (Å²) in [5, 5.41) is 5.29. The number of halogens is 1. The predicted molar refractivity (Wildman–Crippen MR) is 137 cm³/mol. The number of para-hydroxylation sites is 1. The molecule has 2 fully saturated rings. The van der Waals surface area contributed by atoms with Crippen molar-refractivity contribution in [2.24, 2.45) is 28.1 Å². The Morgan fingerprint density at radius 2 is 1.88 bits per heavy atom. The summed E-state index contributed by atoms with van der Waals surface area (Å²) in [7, 11) is 0. The number of carbonyl (C=O) groups is 2. The fourth-order valence-corrected chi connectivity index (χ4v) is 7.18. The summed E-state index contributed by atoms with van der Waals surface area (Å²) in [4.78, 5) is 24.9. The van der Waals surface area contributed by atoms with E-state index in [0.717, 1.165) is 32.1 Å². The molecule has 5 nitrogen and oxygen atoms in total. The van der Waals surface area contributed by atoms with Gasteiger partial charge in [0.2, 0.25) is 0 Å². The van der Waals surface area contributed by atoms with Crippen LogP contribution < -0.4 is 10.6 Å². The maximum Gasteiger partial charge on any atom is 0.415 e. The second kappa shape index (κ2) is 9.07. The number of anilines is 1. The molecule has 5 unspecified atom stereocenters. The van der Waals surface area contributed by atoms with Gasteiger partial charge in [0.05, 0.1) is 10.7 Å². The second-order valence-electron chi connectivity index (χ2n) is 11.5. The zero-order valence-electron chi connectivity index (χ0n) is 20.7. The molecule has 0 spiro atoms. The summed E-state index contributed by atoms with van der Waals surface area (Å²) in [5.74, 6) is 1.03. The van der Waals surface area contributed by atoms with E-state index in [4.69, 9.17) is 16.3 Å². The summed E-state index contributed by atoms with van der Waals surface area (Å²) in [5.41, 5.74) is 2.16. The molecule has 0 bridgehead atoms. The summed E-state index contributed by atoms with van der Waals surface area (Å²) >= 11 is 6.08. The number of alkyl carbamates (subject to hydrolysis) is 1. The van der Waals surface area contributed by atoms with E-state index in [0.29, 0.717) is 22.5 Å². The molecule has 3 aliphatic carbocycles. The van der Waals surface area contributed by atoms with Crippen LogP contribution in [0.3, 0.4) is 0 Å². The minimum Gasteiger partial charge on any atom is -0.445 e. The first-order valence-corrected chi connectivity index (χ1v) is 12.7. The third kappa shape index (κ3) is 4.51. The normalized spacial score (nSPS) is 34.0. The quantitative estimate of drug-likeness (QED) is 0.431. The van der Waals surface area contributed by atoms with E-state index >= 15 is 0 Å². The number of carbonyl (C=O) groups excluding carboxylic acids is 2. The van der Waals surface area contributed by atoms with E-state index in [1.165, 1.54) is 6.42 Å². The lowest BCUT2D eigenvalue weighted by Gasteiger charge is -2.60. The fourth-order valence-electron chi connectivity index (χ4n) is 6.99. The van der Waals surface area contributed by atoms with Crippen molar-refractivity contribution in [2.75, 3.05) is 5.32 Å². The van der Waals surface area contributed by atoms with Crippen LogP contribution in [0.4, 0.5) is 15.3 Å². The third-order valence-corrected chi connectivity index (χ3v) is 9.24. The van der Waals surface area contributed by atoms with Gasteiger partial charge in [-0.15, -0.1) is 6.58 Å². The number of urea groups is 1. The molecule has 0 aliphatic heterocycles. The van der Waals surface area contributed by atoms with Crippen LogP contribution in [-0.2, 0) is 4.74 Å². The second-order valence-corrected chi connectivity index (χ2v) is 11.9. The molecule has 3 amide bonds. The van der Waals surface area contributed by atoms with Crippen molar-refractivity contribution >= 4 is 29.4 Å². The molecular formula is C28H37ClN2O3. The lowest BCUT2D eigenvalue weighted by Crippen LogP contribution is -2.55. The molecule has 6 heteroatoms. The van der Waals surface area contributed by atoms with Gasteiger partial charge in [0.15, 0.2) is 0 Å². The Labute approximate surface area is 208 Å². The highest BCUT2D eigenvalue weighted by Crippen LogP contribution is 2.64. The van der Waals surface area contributed by atoms with Crippen molar-refractivity contribution in [3.63, 3.8) is 0 Å². The molecule has 4 rings (SSSR count). The number of allylic oxidation sites excluding steroid dienone is 3. The Morgan fingerprint density at radius 3 is 2.59 bits per heavy atom. The number of hydrogen-bond donors (Lipinski definition) is 2. The Balaban J connectivity index is 1.43. The fraction of sp³-hybridized carbons (Fsp3) is 0.571. The zero-order valence-corrected chi connectivity index (χ0v) is 21.5. The van der Waals surface area contributed by atoms with E-state index in [1.807, 2.05) is 0 Å². The first kappa shape index (κ1) is 24.8. The number of nitrogens with one attached hydrogen (secondary N) is 2. The molecule has 0 radical (unpaired) electrons. The van der Waals surface area contributed by atoms with Gasteiger partial charge < -0.3 is 10.1 Å². The van der Waals surface area contributed by atoms with Crippen molar-refractivity contribution in [3.8, 4) is 0 Å². The third-order valence-electron chi connectivity index (χ3n) is 8.91. The van der Waals surface area contributed by atoms with Gasteiger partial charge in [0, 0.05) is 5.41 Å². The van der Waals surface area contributed by atoms with E-state index in [9.17, 15) is 9.59 Å². The molecular weight excluding hydrogens is 448 g/mol. The molecule has 5 atom stereocenters. The smallest absolute Gasteiger partial charge is 0.415 e. The molecule has 34 heavy (non-hydrogen) atoms. The van der Waals surface area contributed by atoms with Crippen LogP contribution in [0.2, 0.25) is 5.02 Å². The number of ether oxygens (including phenoxy) is 1. The minimum absolute atomic E-state index is 0.118. The van der Waals surface area contributed by atoms with Gasteiger partial charge in [-0.1, -0.05) is 69.2 Å². The Hall–Kier alpha value is -2.27. The summed E-state index contributed by atoms with van der Waals surface area (Å²) in [6.07, 6.45) is 9.92. The van der Waals surface area contributed by atoms with Crippen LogP contribution >= 0.6 is 11.6 Å². The average molecular weight is 485 g/mol. The number of benzene rings is 1. The minimum atomic E-state index is -0.724. The van der Waals surface area contributed by atoms with Crippen LogP contribution in [0.1, 0.15) is 66.2 Å². The summed E-state index contributed by atoms with van der Waals surface area (Å²) < 4.78 is 5.85. The van der Waals surface area contributed by atoms with Crippen LogP contribution in [-0.4, -0.2) is 18.2 Å². The number of hydrogen-bond acceptors (Lipinski definition) is 3. The zero-order chi connectivity index (χ0) is 24.7. The van der Waals surface area contributed by atoms with Crippen LogP contribution in [0, 0.1) is 28.1 Å². The molecule has 3 aliphatic rings. The summed E-state index contributed by atoms with van der Waals surface area (Å²) in [6, 6.07) is 6.22. The van der Waals surface area contributed by atoms with Gasteiger partial charge >= 0.3 is 12.1 Å². The Bertz CT molecular complexity index is 1020. The largest absolute Gasteiger partial charge is 0.445 e. The van der Waals surface area contributed by atoms with Gasteiger partial charge in [-0.2, -0.15) is 0 Å². The first-order chi connectivity index (χ1) is 16.0. The molecule has 0 aromatic heterocycles. The Kier molecular flexibility index (Phi) is 6.63. The molecule has 2 saturated carbocycles. The predicted octanol–water partition coefficient (Wildman–Crippen LogP) is 7.73. The summed E-state index contributed by atoms with van der Waals surface area (Å²) in [6.45, 7) is 13.3. The van der Waals surface area contributed by atoms with Crippen LogP contribution in [0.25, 0.3) is 0 Å². The van der Waals surface area contributed by atoms with Crippen LogP contribution in [0.15, 0.2) is 48.6 Å². The van der Waals surface area contributed by atoms with Gasteiger partial charge in [0.25, 0.3) is 0 Å². The van der Waals surface area contributed by atoms with Gasteiger partial charge in [-0.25, -0.2) is 14.9 Å². The number of rotatable bonds is 3. The average Bonchev–Trinajstić information content (AvgIpc) is 2.77. The monoisotopic (exact) mass is 484 g/mol. The van der Waals surface area contributed by atoms with Crippen molar-refractivity contribution in [1.82, 2.24) is 5.32 Å². The van der Waals surface area contributed by atoms with E-state index in [-0.39, 0.29) is 22.3 Å². The van der Waals surface area contributed by atoms with Crippen molar-refractivity contribution in [2.45, 2.75) is 72.3 Å². The maximum atomic E-state index is 12.6. The lowest BCUT2D eigenvalue weighted by molar-refractivity contribution is -0.103. The highest BCUT2D eigenvalue weighted by atomic mass is 35.5. The lowest BCUT2D eigenvalue weighted by atomic mass is 9.46. The van der Waals surface area contributed by atoms with Crippen molar-refractivity contribution < 1.29 is 14.3 Å². The molecule has 0 heterocycles. The first-order valence-electron chi connectivity index (χ1n) is 12.4. The number of fused-ring (bicyclic) bond motifs is 3. The molecule has 184 valence electrons. The SMILES string of the molecule is C=CC1(C)CC=C2C(CCC3C2(C)CCC(OC(=O)NC(=O)Nc2ccccc2Cl)C3(C)C)C1. The highest BCUT2D eigenvalue weighted by molar-refractivity contribution is 6.33. The van der Waals surface area contributed by atoms with Crippen LogP contribution in [0.5, 0.6) is 0 Å². The maximum absolute atomic E-state index is 12.6. The Morgan fingerprint density at radius 1 is 1.15 bits per heavy atom. The number of imide groups is 1. The van der Waals surface area contributed by atoms with Gasteiger partial charge in [0.1, 0.15) is 6.10 Å². The van der Waals surface area contributed by atoms with Gasteiger partial charge in [-0.05, 0) is 73.3 Å². The standard InChI is InChI=1S/C28H37ClN2O3/c1-6-27(4)15-13-19-18(17-27)11-12-22-26(2,3)23(14-16-28(19,22)5)34-25(33)31-24(32)30-21-10-8-7-9-20(21)29/h6-10,13,18,22-23H,1,11-12,14-17H2,2-5H3,(H2,30,31,32,33). The van der Waals surface area contributed by atoms with E-state index in [1.54, 1.807) is 29.8 Å². The van der Waals surface area contributed by atoms with E-state index in [2.05, 4.69) is 57.1 Å². The molecule has 0 saturated heterocycles. The topological polar surface area (TPSA) is 67.4 Å². The molecule has 1 aromatic carbocycles. The highest BCUT2D eigenvalue weighted by Gasteiger charge is 2.57. The van der Waals surface area contributed by atoms with Crippen molar-refractivity contribution in [1.29, 1.82) is 0 Å². The van der Waals surface area contributed by atoms with Crippen molar-refractivity contribution in [3.05, 3.63) is 53.6 Å². The number of amides is 3. The van der Waals surface area contributed by atoms with Gasteiger partial charge in [-0.3, -0.25) is 0 Å².